The van der Waals surface area contributed by atoms with Crippen molar-refractivity contribution >= 4 is 49.2 Å². The van der Waals surface area contributed by atoms with Crippen LogP contribution in [-0.2, 0) is 4.79 Å². The SMILES string of the molecule is O=C(O)C1CNCC1c1cc(Br)c(Br)s1. The lowest BCUT2D eigenvalue weighted by Crippen LogP contribution is -2.20. The van der Waals surface area contributed by atoms with Crippen molar-refractivity contribution in [2.75, 3.05) is 13.1 Å². The first kappa shape index (κ1) is 11.6. The Kier molecular flexibility index (Phi) is 3.49. The van der Waals surface area contributed by atoms with Gasteiger partial charge in [0.25, 0.3) is 0 Å². The van der Waals surface area contributed by atoms with Crippen LogP contribution in [0.3, 0.4) is 0 Å². The number of aliphatic carboxylic acids is 1. The van der Waals surface area contributed by atoms with E-state index in [1.165, 1.54) is 0 Å². The van der Waals surface area contributed by atoms with Gasteiger partial charge in [0.1, 0.15) is 0 Å². The van der Waals surface area contributed by atoms with Crippen molar-refractivity contribution < 1.29 is 9.90 Å². The summed E-state index contributed by atoms with van der Waals surface area (Å²) in [5.41, 5.74) is 0. The highest BCUT2D eigenvalue weighted by Crippen LogP contribution is 2.39. The summed E-state index contributed by atoms with van der Waals surface area (Å²) in [4.78, 5) is 12.1. The second kappa shape index (κ2) is 4.53. The Morgan fingerprint density at radius 1 is 1.53 bits per heavy atom. The van der Waals surface area contributed by atoms with E-state index in [-0.39, 0.29) is 11.8 Å². The molecule has 3 nitrogen and oxygen atoms in total. The van der Waals surface area contributed by atoms with E-state index >= 15 is 0 Å². The number of carboxylic acids is 1. The maximum Gasteiger partial charge on any atom is 0.308 e. The second-order valence-corrected chi connectivity index (χ2v) is 6.74. The van der Waals surface area contributed by atoms with Gasteiger partial charge in [0, 0.05) is 28.4 Å². The highest BCUT2D eigenvalue weighted by molar-refractivity contribution is 9.13. The lowest BCUT2D eigenvalue weighted by Gasteiger charge is -2.11. The van der Waals surface area contributed by atoms with E-state index in [2.05, 4.69) is 37.2 Å². The van der Waals surface area contributed by atoms with E-state index < -0.39 is 5.97 Å². The Hall–Kier alpha value is 0.0900. The van der Waals surface area contributed by atoms with Gasteiger partial charge in [-0.3, -0.25) is 4.79 Å². The fraction of sp³-hybridized carbons (Fsp3) is 0.444. The van der Waals surface area contributed by atoms with Crippen molar-refractivity contribution in [2.45, 2.75) is 5.92 Å². The topological polar surface area (TPSA) is 49.3 Å². The number of carbonyl (C=O) groups is 1. The molecule has 1 aromatic rings. The molecule has 2 unspecified atom stereocenters. The summed E-state index contributed by atoms with van der Waals surface area (Å²) in [6.45, 7) is 1.31. The van der Waals surface area contributed by atoms with Crippen LogP contribution in [0, 0.1) is 5.92 Å². The molecule has 0 saturated carbocycles. The predicted molar refractivity (Wildman–Crippen MR) is 66.5 cm³/mol. The van der Waals surface area contributed by atoms with E-state index in [0.29, 0.717) is 6.54 Å². The van der Waals surface area contributed by atoms with E-state index in [0.717, 1.165) is 19.7 Å². The van der Waals surface area contributed by atoms with Gasteiger partial charge in [-0.15, -0.1) is 11.3 Å². The molecule has 6 heteroatoms. The molecule has 15 heavy (non-hydrogen) atoms. The predicted octanol–water partition coefficient (Wildman–Crippen LogP) is 2.66. The molecule has 0 bridgehead atoms. The van der Waals surface area contributed by atoms with Crippen molar-refractivity contribution in [3.8, 4) is 0 Å². The molecule has 1 aliphatic heterocycles. The Balaban J connectivity index is 2.26. The molecule has 82 valence electrons. The monoisotopic (exact) mass is 353 g/mol. The van der Waals surface area contributed by atoms with Crippen LogP contribution in [0.2, 0.25) is 0 Å². The minimum Gasteiger partial charge on any atom is -0.481 e. The molecule has 0 spiro atoms. The van der Waals surface area contributed by atoms with Crippen LogP contribution in [0.1, 0.15) is 10.8 Å². The summed E-state index contributed by atoms with van der Waals surface area (Å²) < 4.78 is 2.02. The van der Waals surface area contributed by atoms with E-state index in [4.69, 9.17) is 5.11 Å². The molecule has 1 aliphatic rings. The van der Waals surface area contributed by atoms with Crippen molar-refractivity contribution in [1.82, 2.24) is 5.32 Å². The van der Waals surface area contributed by atoms with Crippen LogP contribution in [-0.4, -0.2) is 24.2 Å². The van der Waals surface area contributed by atoms with E-state index in [9.17, 15) is 4.79 Å². The zero-order chi connectivity index (χ0) is 11.0. The van der Waals surface area contributed by atoms with Crippen molar-refractivity contribution in [3.63, 3.8) is 0 Å². The molecule has 0 aromatic carbocycles. The van der Waals surface area contributed by atoms with Gasteiger partial charge in [0.05, 0.1) is 9.70 Å². The zero-order valence-corrected chi connectivity index (χ0v) is 11.7. The summed E-state index contributed by atoms with van der Waals surface area (Å²) >= 11 is 8.44. The van der Waals surface area contributed by atoms with E-state index in [1.54, 1.807) is 11.3 Å². The molecular formula is C9H9Br2NO2S. The number of halogens is 2. The highest BCUT2D eigenvalue weighted by atomic mass is 79.9. The van der Waals surface area contributed by atoms with Gasteiger partial charge in [0.2, 0.25) is 0 Å². The second-order valence-electron chi connectivity index (χ2n) is 3.48. The molecule has 2 atom stereocenters. The molecular weight excluding hydrogens is 346 g/mol. The summed E-state index contributed by atoms with van der Waals surface area (Å²) in [6.07, 6.45) is 0. The smallest absolute Gasteiger partial charge is 0.308 e. The fourth-order valence-electron chi connectivity index (χ4n) is 1.78. The molecule has 1 fully saturated rings. The van der Waals surface area contributed by atoms with Gasteiger partial charge >= 0.3 is 5.97 Å². The van der Waals surface area contributed by atoms with Gasteiger partial charge in [-0.2, -0.15) is 0 Å². The van der Waals surface area contributed by atoms with Crippen LogP contribution in [0.5, 0.6) is 0 Å². The molecule has 2 N–H and O–H groups in total. The van der Waals surface area contributed by atoms with Crippen molar-refractivity contribution in [3.05, 3.63) is 19.2 Å². The Morgan fingerprint density at radius 2 is 2.27 bits per heavy atom. The van der Waals surface area contributed by atoms with Gasteiger partial charge in [-0.25, -0.2) is 0 Å². The Bertz CT molecular complexity index is 374. The largest absolute Gasteiger partial charge is 0.481 e. The third-order valence-electron chi connectivity index (χ3n) is 2.56. The molecule has 0 aliphatic carbocycles. The summed E-state index contributed by atoms with van der Waals surface area (Å²) in [5, 5.41) is 12.2. The first-order valence-electron chi connectivity index (χ1n) is 4.48. The lowest BCUT2D eigenvalue weighted by atomic mass is 9.95. The first-order valence-corrected chi connectivity index (χ1v) is 6.88. The zero-order valence-electron chi connectivity index (χ0n) is 7.67. The molecule has 2 rings (SSSR count). The summed E-state index contributed by atoms with van der Waals surface area (Å²) in [7, 11) is 0. The van der Waals surface area contributed by atoms with Gasteiger partial charge in [-0.05, 0) is 37.9 Å². The van der Waals surface area contributed by atoms with Crippen LogP contribution in [0.15, 0.2) is 14.3 Å². The number of thiophene rings is 1. The van der Waals surface area contributed by atoms with Crippen molar-refractivity contribution in [1.29, 1.82) is 0 Å². The summed E-state index contributed by atoms with van der Waals surface area (Å²) in [6, 6.07) is 2.00. The van der Waals surface area contributed by atoms with E-state index in [1.807, 2.05) is 6.07 Å². The number of rotatable bonds is 2. The van der Waals surface area contributed by atoms with Crippen molar-refractivity contribution in [2.24, 2.45) is 5.92 Å². The maximum atomic E-state index is 11.0. The Morgan fingerprint density at radius 3 is 2.80 bits per heavy atom. The molecule has 1 saturated heterocycles. The standard InChI is InChI=1S/C9H9Br2NO2S/c10-6-1-7(15-8(6)11)4-2-12-3-5(4)9(13)14/h1,4-5,12H,2-3H2,(H,13,14). The first-order chi connectivity index (χ1) is 7.09. The molecule has 0 radical (unpaired) electrons. The quantitative estimate of drug-likeness (QED) is 0.858. The van der Waals surface area contributed by atoms with Crippen LogP contribution in [0.4, 0.5) is 0 Å². The van der Waals surface area contributed by atoms with Crippen LogP contribution < -0.4 is 5.32 Å². The number of nitrogens with one attached hydrogen (secondary N) is 1. The van der Waals surface area contributed by atoms with Gasteiger partial charge in [0.15, 0.2) is 0 Å². The van der Waals surface area contributed by atoms with Crippen LogP contribution in [0.25, 0.3) is 0 Å². The third-order valence-corrected chi connectivity index (χ3v) is 5.95. The minimum atomic E-state index is -0.717. The number of hydrogen-bond donors (Lipinski definition) is 2. The average molecular weight is 355 g/mol. The minimum absolute atomic E-state index is 0.0927. The normalized spacial score (nSPS) is 25.7. The average Bonchev–Trinajstić information content (AvgIpc) is 2.73. The fourth-order valence-corrected chi connectivity index (χ4v) is 4.04. The number of carboxylic acid groups (broad SMARTS) is 1. The molecule has 2 heterocycles. The molecule has 0 amide bonds. The number of hydrogen-bond acceptors (Lipinski definition) is 3. The third kappa shape index (κ3) is 2.27. The highest BCUT2D eigenvalue weighted by Gasteiger charge is 2.35. The van der Waals surface area contributed by atoms with Gasteiger partial charge < -0.3 is 10.4 Å². The molecule has 1 aromatic heterocycles. The van der Waals surface area contributed by atoms with Gasteiger partial charge in [-0.1, -0.05) is 0 Å². The Labute approximate surface area is 108 Å². The summed E-state index contributed by atoms with van der Waals surface area (Å²) in [5.74, 6) is -0.928. The lowest BCUT2D eigenvalue weighted by molar-refractivity contribution is -0.141. The van der Waals surface area contributed by atoms with Crippen LogP contribution >= 0.6 is 43.2 Å². The maximum absolute atomic E-state index is 11.0.